The SMILES string of the molecule is CC(=O)OC1CCC2(C=O)C(=CCC3C2CCC2(C)C(C(C)CCCC(C)C)CCC32)C1. The molecule has 0 amide bonds. The van der Waals surface area contributed by atoms with E-state index in [-0.39, 0.29) is 17.5 Å². The highest BCUT2D eigenvalue weighted by atomic mass is 16.5. The number of allylic oxidation sites excluding steroid dienone is 1. The number of fused-ring (bicyclic) bond motifs is 5. The van der Waals surface area contributed by atoms with E-state index in [9.17, 15) is 9.59 Å². The Labute approximate surface area is 196 Å². The lowest BCUT2D eigenvalue weighted by Crippen LogP contribution is -2.52. The number of hydrogen-bond acceptors (Lipinski definition) is 3. The number of hydrogen-bond donors (Lipinski definition) is 0. The molecule has 0 aromatic carbocycles. The molecule has 3 saturated carbocycles. The maximum absolute atomic E-state index is 12.7. The van der Waals surface area contributed by atoms with Crippen LogP contribution in [-0.2, 0) is 14.3 Å². The van der Waals surface area contributed by atoms with E-state index < -0.39 is 0 Å². The zero-order valence-corrected chi connectivity index (χ0v) is 21.2. The fourth-order valence-corrected chi connectivity index (χ4v) is 8.91. The Hall–Kier alpha value is -1.12. The van der Waals surface area contributed by atoms with Gasteiger partial charge in [0.05, 0.1) is 5.41 Å². The van der Waals surface area contributed by atoms with Crippen molar-refractivity contribution in [2.24, 2.45) is 46.3 Å². The summed E-state index contributed by atoms with van der Waals surface area (Å²) in [6.07, 6.45) is 16.6. The lowest BCUT2D eigenvalue weighted by atomic mass is 9.46. The van der Waals surface area contributed by atoms with Crippen molar-refractivity contribution in [3.63, 3.8) is 0 Å². The van der Waals surface area contributed by atoms with Crippen molar-refractivity contribution >= 4 is 12.3 Å². The molecule has 0 saturated heterocycles. The lowest BCUT2D eigenvalue weighted by Gasteiger charge is -2.57. The van der Waals surface area contributed by atoms with Gasteiger partial charge in [0.1, 0.15) is 12.4 Å². The first kappa shape index (κ1) is 24.0. The maximum atomic E-state index is 12.7. The zero-order chi connectivity index (χ0) is 23.1. The first-order valence-electron chi connectivity index (χ1n) is 13.5. The predicted octanol–water partition coefficient (Wildman–Crippen LogP) is 7.14. The Morgan fingerprint density at radius 3 is 2.59 bits per heavy atom. The Morgan fingerprint density at radius 1 is 1.12 bits per heavy atom. The van der Waals surface area contributed by atoms with Crippen LogP contribution in [0.15, 0.2) is 11.6 Å². The van der Waals surface area contributed by atoms with E-state index in [0.29, 0.717) is 17.3 Å². The molecule has 0 spiro atoms. The number of ether oxygens (including phenoxy) is 1. The van der Waals surface area contributed by atoms with Crippen LogP contribution in [0.1, 0.15) is 105 Å². The summed E-state index contributed by atoms with van der Waals surface area (Å²) in [7, 11) is 0. The molecule has 4 aliphatic carbocycles. The monoisotopic (exact) mass is 442 g/mol. The van der Waals surface area contributed by atoms with E-state index in [1.807, 2.05) is 0 Å². The van der Waals surface area contributed by atoms with Gasteiger partial charge in [0.15, 0.2) is 0 Å². The Kier molecular flexibility index (Phi) is 6.95. The van der Waals surface area contributed by atoms with Gasteiger partial charge in [0.2, 0.25) is 0 Å². The fourth-order valence-electron chi connectivity index (χ4n) is 8.91. The minimum Gasteiger partial charge on any atom is -0.462 e. The molecule has 3 nitrogen and oxygen atoms in total. The molecule has 0 aromatic rings. The van der Waals surface area contributed by atoms with Crippen molar-refractivity contribution in [3.05, 3.63) is 11.6 Å². The molecular formula is C29H46O3. The molecule has 0 radical (unpaired) electrons. The van der Waals surface area contributed by atoms with Crippen molar-refractivity contribution in [2.75, 3.05) is 0 Å². The second kappa shape index (κ2) is 9.26. The summed E-state index contributed by atoms with van der Waals surface area (Å²) in [6, 6.07) is 0. The van der Waals surface area contributed by atoms with Gasteiger partial charge in [-0.25, -0.2) is 0 Å². The van der Waals surface area contributed by atoms with E-state index in [0.717, 1.165) is 49.4 Å². The van der Waals surface area contributed by atoms with Gasteiger partial charge in [0.25, 0.3) is 0 Å². The maximum Gasteiger partial charge on any atom is 0.302 e. The predicted molar refractivity (Wildman–Crippen MR) is 129 cm³/mol. The van der Waals surface area contributed by atoms with Gasteiger partial charge in [-0.05, 0) is 85.9 Å². The molecule has 4 aliphatic rings. The third-order valence-corrected chi connectivity index (χ3v) is 10.4. The lowest BCUT2D eigenvalue weighted by molar-refractivity contribution is -0.149. The third-order valence-electron chi connectivity index (χ3n) is 10.4. The molecule has 8 unspecified atom stereocenters. The van der Waals surface area contributed by atoms with Gasteiger partial charge < -0.3 is 9.53 Å². The smallest absolute Gasteiger partial charge is 0.302 e. The summed E-state index contributed by atoms with van der Waals surface area (Å²) in [6.45, 7) is 11.3. The average Bonchev–Trinajstić information content (AvgIpc) is 3.10. The minimum absolute atomic E-state index is 0.0419. The second-order valence-corrected chi connectivity index (χ2v) is 12.5. The topological polar surface area (TPSA) is 43.4 Å². The van der Waals surface area contributed by atoms with Gasteiger partial charge in [-0.3, -0.25) is 4.79 Å². The molecule has 0 bridgehead atoms. The summed E-state index contributed by atoms with van der Waals surface area (Å²) in [4.78, 5) is 24.2. The number of aldehydes is 1. The minimum atomic E-state index is -0.290. The molecule has 8 atom stereocenters. The molecule has 3 fully saturated rings. The van der Waals surface area contributed by atoms with Gasteiger partial charge in [-0.1, -0.05) is 58.6 Å². The molecule has 0 N–H and O–H groups in total. The fraction of sp³-hybridized carbons (Fsp3) is 0.862. The van der Waals surface area contributed by atoms with E-state index in [4.69, 9.17) is 4.74 Å². The van der Waals surface area contributed by atoms with E-state index in [2.05, 4.69) is 33.8 Å². The van der Waals surface area contributed by atoms with Crippen molar-refractivity contribution in [1.29, 1.82) is 0 Å². The standard InChI is InChI=1S/C29H46O3/c1-19(2)7-6-8-20(3)25-11-12-26-24-10-9-22-17-23(32-21(4)31)13-16-29(22,18-30)27(24)14-15-28(25,26)5/h9,18-20,23-27H,6-8,10-17H2,1-5H3. The highest BCUT2D eigenvalue weighted by Gasteiger charge is 2.60. The largest absolute Gasteiger partial charge is 0.462 e. The van der Waals surface area contributed by atoms with Crippen LogP contribution < -0.4 is 0 Å². The van der Waals surface area contributed by atoms with Crippen LogP contribution in [0.4, 0.5) is 0 Å². The van der Waals surface area contributed by atoms with Crippen molar-refractivity contribution in [2.45, 2.75) is 111 Å². The quantitative estimate of drug-likeness (QED) is 0.239. The van der Waals surface area contributed by atoms with E-state index in [1.165, 1.54) is 63.7 Å². The van der Waals surface area contributed by atoms with E-state index >= 15 is 0 Å². The van der Waals surface area contributed by atoms with Crippen LogP contribution in [0.5, 0.6) is 0 Å². The van der Waals surface area contributed by atoms with Crippen LogP contribution in [0, 0.1) is 46.3 Å². The van der Waals surface area contributed by atoms with Gasteiger partial charge in [-0.2, -0.15) is 0 Å². The molecular weight excluding hydrogens is 396 g/mol. The summed E-state index contributed by atoms with van der Waals surface area (Å²) in [5, 5.41) is 0. The molecule has 0 aromatic heterocycles. The Morgan fingerprint density at radius 2 is 1.91 bits per heavy atom. The average molecular weight is 443 g/mol. The van der Waals surface area contributed by atoms with Crippen molar-refractivity contribution in [3.8, 4) is 0 Å². The first-order chi connectivity index (χ1) is 15.2. The molecule has 32 heavy (non-hydrogen) atoms. The summed E-state index contributed by atoms with van der Waals surface area (Å²) in [5.74, 6) is 4.18. The number of carbonyl (C=O) groups is 2. The van der Waals surface area contributed by atoms with E-state index in [1.54, 1.807) is 0 Å². The van der Waals surface area contributed by atoms with Crippen molar-refractivity contribution < 1.29 is 14.3 Å². The number of rotatable bonds is 7. The first-order valence-corrected chi connectivity index (χ1v) is 13.5. The van der Waals surface area contributed by atoms with Gasteiger partial charge in [-0.15, -0.1) is 0 Å². The highest BCUT2D eigenvalue weighted by molar-refractivity contribution is 5.68. The summed E-state index contributed by atoms with van der Waals surface area (Å²) < 4.78 is 5.54. The molecule has 180 valence electrons. The highest BCUT2D eigenvalue weighted by Crippen LogP contribution is 2.67. The summed E-state index contributed by atoms with van der Waals surface area (Å²) >= 11 is 0. The zero-order valence-electron chi connectivity index (χ0n) is 21.2. The molecule has 4 rings (SSSR count). The number of carbonyl (C=O) groups excluding carboxylic acids is 2. The molecule has 0 heterocycles. The van der Waals surface area contributed by atoms with Crippen molar-refractivity contribution in [1.82, 2.24) is 0 Å². The van der Waals surface area contributed by atoms with Gasteiger partial charge >= 0.3 is 5.97 Å². The van der Waals surface area contributed by atoms with Gasteiger partial charge in [0, 0.05) is 13.3 Å². The Balaban J connectivity index is 1.50. The third kappa shape index (κ3) is 4.11. The van der Waals surface area contributed by atoms with Crippen LogP contribution in [0.3, 0.4) is 0 Å². The second-order valence-electron chi connectivity index (χ2n) is 12.5. The molecule has 0 aliphatic heterocycles. The van der Waals surface area contributed by atoms with Crippen LogP contribution in [0.2, 0.25) is 0 Å². The number of esters is 1. The van der Waals surface area contributed by atoms with Crippen LogP contribution >= 0.6 is 0 Å². The normalized spacial score (nSPS) is 41.8. The Bertz CT molecular complexity index is 739. The summed E-state index contributed by atoms with van der Waals surface area (Å²) in [5.41, 5.74) is 1.44. The molecule has 3 heteroatoms. The van der Waals surface area contributed by atoms with Crippen LogP contribution in [0.25, 0.3) is 0 Å². The van der Waals surface area contributed by atoms with Crippen LogP contribution in [-0.4, -0.2) is 18.4 Å².